The summed E-state index contributed by atoms with van der Waals surface area (Å²) in [6, 6.07) is 10.6. The number of fused-ring (bicyclic) bond motifs is 2. The van der Waals surface area contributed by atoms with Crippen LogP contribution in [0.25, 0.3) is 22.0 Å². The SMILES string of the molecule is C=CC(=O)N1CC(N2Cc3ccc(-c4c(C)ccc5[nH]ncc45)cc3CC2=O)C1. The van der Waals surface area contributed by atoms with Crippen LogP contribution < -0.4 is 0 Å². The van der Waals surface area contributed by atoms with Crippen molar-refractivity contribution in [3.63, 3.8) is 0 Å². The minimum Gasteiger partial charge on any atom is -0.335 e. The average Bonchev–Trinajstić information content (AvgIpc) is 3.15. The Hall–Kier alpha value is -3.41. The molecular formula is C23H22N4O2. The van der Waals surface area contributed by atoms with Gasteiger partial charge in [0, 0.05) is 25.0 Å². The zero-order valence-electron chi connectivity index (χ0n) is 16.3. The molecule has 2 aromatic carbocycles. The van der Waals surface area contributed by atoms with E-state index in [1.807, 2.05) is 17.2 Å². The van der Waals surface area contributed by atoms with Gasteiger partial charge < -0.3 is 9.80 Å². The normalized spacial score (nSPS) is 16.7. The van der Waals surface area contributed by atoms with E-state index in [0.29, 0.717) is 26.1 Å². The van der Waals surface area contributed by atoms with E-state index in [1.165, 1.54) is 17.2 Å². The first-order valence-electron chi connectivity index (χ1n) is 9.81. The summed E-state index contributed by atoms with van der Waals surface area (Å²) in [4.78, 5) is 28.1. The fraction of sp³-hybridized carbons (Fsp3) is 0.261. The molecule has 0 atom stereocenters. The number of amides is 2. The lowest BCUT2D eigenvalue weighted by Crippen LogP contribution is -2.62. The molecule has 5 rings (SSSR count). The second kappa shape index (κ2) is 6.58. The molecule has 1 aromatic heterocycles. The molecule has 0 unspecified atom stereocenters. The van der Waals surface area contributed by atoms with E-state index in [4.69, 9.17) is 0 Å². The number of carbonyl (C=O) groups excluding carboxylic acids is 2. The van der Waals surface area contributed by atoms with Crippen LogP contribution in [0.1, 0.15) is 16.7 Å². The van der Waals surface area contributed by atoms with Crippen molar-refractivity contribution in [1.29, 1.82) is 0 Å². The summed E-state index contributed by atoms with van der Waals surface area (Å²) in [5.41, 5.74) is 6.73. The number of nitrogens with one attached hydrogen (secondary N) is 1. The Morgan fingerprint density at radius 1 is 1.24 bits per heavy atom. The summed E-state index contributed by atoms with van der Waals surface area (Å²) >= 11 is 0. The zero-order valence-corrected chi connectivity index (χ0v) is 16.3. The summed E-state index contributed by atoms with van der Waals surface area (Å²) in [7, 11) is 0. The number of hydrogen-bond donors (Lipinski definition) is 1. The molecule has 2 aliphatic rings. The first-order valence-corrected chi connectivity index (χ1v) is 9.81. The molecule has 146 valence electrons. The predicted molar refractivity (Wildman–Crippen MR) is 111 cm³/mol. The van der Waals surface area contributed by atoms with Gasteiger partial charge in [0.25, 0.3) is 0 Å². The number of aromatic amines is 1. The average molecular weight is 386 g/mol. The molecule has 1 N–H and O–H groups in total. The number of H-pyrrole nitrogens is 1. The highest BCUT2D eigenvalue weighted by molar-refractivity contribution is 5.96. The standard InChI is InChI=1S/C23H22N4O2/c1-3-21(28)26-12-18(13-26)27-11-16-6-5-15(8-17(16)9-22(27)29)23-14(2)4-7-20-19(23)10-24-25-20/h3-8,10,18H,1,9,11-13H2,2H3,(H,24,25). The van der Waals surface area contributed by atoms with Crippen LogP contribution in [0.2, 0.25) is 0 Å². The minimum absolute atomic E-state index is 0.0699. The highest BCUT2D eigenvalue weighted by Gasteiger charge is 2.38. The van der Waals surface area contributed by atoms with Crippen LogP contribution in [0.5, 0.6) is 0 Å². The van der Waals surface area contributed by atoms with Gasteiger partial charge in [-0.3, -0.25) is 14.7 Å². The third-order valence-corrected chi connectivity index (χ3v) is 6.12. The summed E-state index contributed by atoms with van der Waals surface area (Å²) in [5, 5.41) is 8.30. The van der Waals surface area contributed by atoms with Crippen LogP contribution in [0.15, 0.2) is 49.2 Å². The van der Waals surface area contributed by atoms with Gasteiger partial charge in [0.05, 0.1) is 24.2 Å². The summed E-state index contributed by atoms with van der Waals surface area (Å²) in [6.07, 6.45) is 3.58. The Kier molecular flexibility index (Phi) is 4.01. The summed E-state index contributed by atoms with van der Waals surface area (Å²) < 4.78 is 0. The van der Waals surface area contributed by atoms with Gasteiger partial charge in [-0.2, -0.15) is 5.10 Å². The zero-order chi connectivity index (χ0) is 20.1. The summed E-state index contributed by atoms with van der Waals surface area (Å²) in [5.74, 6) is 0.0585. The molecule has 1 fully saturated rings. The quantitative estimate of drug-likeness (QED) is 0.704. The number of aryl methyl sites for hydroxylation is 1. The van der Waals surface area contributed by atoms with Crippen LogP contribution in [0.3, 0.4) is 0 Å². The van der Waals surface area contributed by atoms with Crippen molar-refractivity contribution < 1.29 is 9.59 Å². The van der Waals surface area contributed by atoms with Crippen LogP contribution in [-0.4, -0.2) is 50.9 Å². The molecule has 6 nitrogen and oxygen atoms in total. The first-order chi connectivity index (χ1) is 14.0. The van der Waals surface area contributed by atoms with Crippen LogP contribution in [0.4, 0.5) is 0 Å². The van der Waals surface area contributed by atoms with E-state index in [9.17, 15) is 9.59 Å². The third kappa shape index (κ3) is 2.83. The molecule has 0 aliphatic carbocycles. The molecule has 3 aromatic rings. The molecule has 0 bridgehead atoms. The van der Waals surface area contributed by atoms with E-state index in [2.05, 4.69) is 48.0 Å². The van der Waals surface area contributed by atoms with Gasteiger partial charge in [-0.1, -0.05) is 30.8 Å². The van der Waals surface area contributed by atoms with Gasteiger partial charge >= 0.3 is 0 Å². The molecule has 2 aliphatic heterocycles. The minimum atomic E-state index is -0.0699. The maximum atomic E-state index is 12.8. The molecule has 0 radical (unpaired) electrons. The Morgan fingerprint density at radius 3 is 2.86 bits per heavy atom. The van der Waals surface area contributed by atoms with Crippen LogP contribution in [-0.2, 0) is 22.6 Å². The number of rotatable bonds is 3. The number of likely N-dealkylation sites (tertiary alicyclic amines) is 1. The second-order valence-corrected chi connectivity index (χ2v) is 7.87. The summed E-state index contributed by atoms with van der Waals surface area (Å²) in [6.45, 7) is 7.40. The van der Waals surface area contributed by atoms with Gasteiger partial charge in [0.15, 0.2) is 0 Å². The van der Waals surface area contributed by atoms with Crippen molar-refractivity contribution in [3.8, 4) is 11.1 Å². The van der Waals surface area contributed by atoms with Gasteiger partial charge in [-0.05, 0) is 46.9 Å². The number of nitrogens with zero attached hydrogens (tertiary/aromatic N) is 3. The molecule has 6 heteroatoms. The van der Waals surface area contributed by atoms with E-state index in [-0.39, 0.29) is 17.9 Å². The van der Waals surface area contributed by atoms with E-state index < -0.39 is 0 Å². The highest BCUT2D eigenvalue weighted by Crippen LogP contribution is 2.34. The van der Waals surface area contributed by atoms with Crippen LogP contribution >= 0.6 is 0 Å². The second-order valence-electron chi connectivity index (χ2n) is 7.87. The maximum Gasteiger partial charge on any atom is 0.246 e. The van der Waals surface area contributed by atoms with Crippen molar-refractivity contribution in [1.82, 2.24) is 20.0 Å². The molecule has 1 saturated heterocycles. The largest absolute Gasteiger partial charge is 0.335 e. The van der Waals surface area contributed by atoms with Crippen molar-refractivity contribution in [2.24, 2.45) is 0 Å². The van der Waals surface area contributed by atoms with Crippen molar-refractivity contribution in [2.45, 2.75) is 25.9 Å². The lowest BCUT2D eigenvalue weighted by atomic mass is 9.90. The number of benzene rings is 2. The van der Waals surface area contributed by atoms with Crippen LogP contribution in [0, 0.1) is 6.92 Å². The molecule has 3 heterocycles. The first kappa shape index (κ1) is 17.7. The van der Waals surface area contributed by atoms with E-state index >= 15 is 0 Å². The smallest absolute Gasteiger partial charge is 0.246 e. The monoisotopic (exact) mass is 386 g/mol. The lowest BCUT2D eigenvalue weighted by molar-refractivity contribution is -0.145. The fourth-order valence-electron chi connectivity index (χ4n) is 4.44. The molecule has 2 amide bonds. The van der Waals surface area contributed by atoms with Crippen molar-refractivity contribution in [3.05, 3.63) is 65.9 Å². The van der Waals surface area contributed by atoms with Gasteiger partial charge in [-0.25, -0.2) is 0 Å². The Balaban J connectivity index is 1.42. The molecular weight excluding hydrogens is 364 g/mol. The molecule has 29 heavy (non-hydrogen) atoms. The maximum absolute atomic E-state index is 12.8. The van der Waals surface area contributed by atoms with Gasteiger partial charge in [0.2, 0.25) is 11.8 Å². The van der Waals surface area contributed by atoms with Gasteiger partial charge in [0.1, 0.15) is 0 Å². The Bertz CT molecular complexity index is 1160. The number of aromatic nitrogens is 2. The topological polar surface area (TPSA) is 69.3 Å². The van der Waals surface area contributed by atoms with Gasteiger partial charge in [-0.15, -0.1) is 0 Å². The fourth-order valence-corrected chi connectivity index (χ4v) is 4.44. The van der Waals surface area contributed by atoms with Crippen molar-refractivity contribution in [2.75, 3.05) is 13.1 Å². The number of hydrogen-bond acceptors (Lipinski definition) is 3. The molecule has 0 saturated carbocycles. The van der Waals surface area contributed by atoms with E-state index in [0.717, 1.165) is 27.6 Å². The van der Waals surface area contributed by atoms with E-state index in [1.54, 1.807) is 4.90 Å². The number of carbonyl (C=O) groups is 2. The Labute approximate surface area is 168 Å². The lowest BCUT2D eigenvalue weighted by Gasteiger charge is -2.46. The van der Waals surface area contributed by atoms with Crippen molar-refractivity contribution >= 4 is 22.7 Å². The third-order valence-electron chi connectivity index (χ3n) is 6.12. The molecule has 0 spiro atoms. The highest BCUT2D eigenvalue weighted by atomic mass is 16.2. The Morgan fingerprint density at radius 2 is 2.07 bits per heavy atom. The predicted octanol–water partition coefficient (Wildman–Crippen LogP) is 2.82.